The van der Waals surface area contributed by atoms with Crippen molar-refractivity contribution in [1.29, 1.82) is 0 Å². The first-order chi connectivity index (χ1) is 9.70. The van der Waals surface area contributed by atoms with Crippen LogP contribution in [0.25, 0.3) is 0 Å². The Morgan fingerprint density at radius 3 is 2.76 bits per heavy atom. The van der Waals surface area contributed by atoms with Gasteiger partial charge in [0.2, 0.25) is 5.91 Å². The van der Waals surface area contributed by atoms with Gasteiger partial charge in [0, 0.05) is 16.3 Å². The van der Waals surface area contributed by atoms with Crippen LogP contribution >= 0.6 is 15.9 Å². The number of rotatable bonds is 2. The lowest BCUT2D eigenvalue weighted by Gasteiger charge is -2.40. The minimum absolute atomic E-state index is 0.0300. The van der Waals surface area contributed by atoms with Gasteiger partial charge in [0.05, 0.1) is 12.2 Å². The first-order valence-corrected chi connectivity index (χ1v) is 7.93. The van der Waals surface area contributed by atoms with Gasteiger partial charge < -0.3 is 9.64 Å². The molecule has 1 amide bonds. The predicted octanol–water partition coefficient (Wildman–Crippen LogP) is 4.09. The van der Waals surface area contributed by atoms with Crippen LogP contribution in [-0.2, 0) is 4.79 Å². The van der Waals surface area contributed by atoms with E-state index < -0.39 is 17.2 Å². The number of carbonyl (C=O) groups excluding carboxylic acids is 1. The number of ether oxygens (including phenoxy) is 1. The molecule has 0 radical (unpaired) electrons. The Labute approximate surface area is 132 Å². The van der Waals surface area contributed by atoms with Crippen LogP contribution in [0.15, 0.2) is 22.7 Å². The normalized spacial score (nSPS) is 29.6. The molecule has 2 aliphatic rings. The molecule has 0 bridgehead atoms. The molecule has 0 N–H and O–H groups in total. The van der Waals surface area contributed by atoms with Gasteiger partial charge in [-0.25, -0.2) is 4.39 Å². The lowest BCUT2D eigenvalue weighted by molar-refractivity contribution is -0.120. The molecule has 1 aromatic carbocycles. The van der Waals surface area contributed by atoms with Crippen molar-refractivity contribution < 1.29 is 13.9 Å². The monoisotopic (exact) mass is 355 g/mol. The Morgan fingerprint density at radius 2 is 2.14 bits per heavy atom. The van der Waals surface area contributed by atoms with Crippen LogP contribution in [0.5, 0.6) is 5.75 Å². The van der Waals surface area contributed by atoms with Gasteiger partial charge in [-0.2, -0.15) is 0 Å². The van der Waals surface area contributed by atoms with E-state index in [0.717, 1.165) is 10.2 Å². The van der Waals surface area contributed by atoms with Crippen molar-refractivity contribution in [1.82, 2.24) is 0 Å². The molecule has 5 heteroatoms. The number of alkyl halides is 1. The molecule has 1 heterocycles. The lowest BCUT2D eigenvalue weighted by Crippen LogP contribution is -2.49. The number of nitrogens with zero attached hydrogens (tertiary/aromatic N) is 1. The van der Waals surface area contributed by atoms with E-state index in [1.807, 2.05) is 39.0 Å². The second-order valence-corrected chi connectivity index (χ2v) is 7.87. The quantitative estimate of drug-likeness (QED) is 0.799. The summed E-state index contributed by atoms with van der Waals surface area (Å²) in [6, 6.07) is 5.62. The van der Waals surface area contributed by atoms with Crippen molar-refractivity contribution in [3.05, 3.63) is 22.7 Å². The van der Waals surface area contributed by atoms with Crippen LogP contribution in [0.4, 0.5) is 10.1 Å². The number of carbonyl (C=O) groups is 1. The van der Waals surface area contributed by atoms with Crippen molar-refractivity contribution in [2.75, 3.05) is 11.4 Å². The number of halogens is 2. The van der Waals surface area contributed by atoms with Gasteiger partial charge in [-0.15, -0.1) is 0 Å². The number of fused-ring (bicyclic) bond motifs is 1. The molecule has 1 aliphatic carbocycles. The fourth-order valence-electron chi connectivity index (χ4n) is 2.79. The van der Waals surface area contributed by atoms with E-state index in [1.165, 1.54) is 0 Å². The molecule has 21 heavy (non-hydrogen) atoms. The number of benzene rings is 1. The Balaban J connectivity index is 1.90. The molecule has 3 nitrogen and oxygen atoms in total. The van der Waals surface area contributed by atoms with Gasteiger partial charge in [0.1, 0.15) is 17.5 Å². The van der Waals surface area contributed by atoms with Gasteiger partial charge in [-0.3, -0.25) is 4.79 Å². The second kappa shape index (κ2) is 4.70. The number of amides is 1. The van der Waals surface area contributed by atoms with Crippen LogP contribution in [0, 0.1) is 5.41 Å². The van der Waals surface area contributed by atoms with Crippen molar-refractivity contribution in [2.24, 2.45) is 5.41 Å². The zero-order chi connectivity index (χ0) is 15.4. The first-order valence-electron chi connectivity index (χ1n) is 7.13. The molecule has 0 spiro atoms. The highest BCUT2D eigenvalue weighted by molar-refractivity contribution is 9.10. The Hall–Kier alpha value is -1.10. The molecule has 1 aromatic rings. The lowest BCUT2D eigenvalue weighted by atomic mass is 10.0. The summed E-state index contributed by atoms with van der Waals surface area (Å²) in [5, 5.41) is 0. The van der Waals surface area contributed by atoms with Gasteiger partial charge >= 0.3 is 0 Å². The van der Waals surface area contributed by atoms with E-state index in [0.29, 0.717) is 18.7 Å². The van der Waals surface area contributed by atoms with E-state index in [9.17, 15) is 9.18 Å². The maximum Gasteiger partial charge on any atom is 0.227 e. The maximum atomic E-state index is 13.4. The van der Waals surface area contributed by atoms with E-state index in [2.05, 4.69) is 15.9 Å². The Kier molecular flexibility index (Phi) is 3.32. The fraction of sp³-hybridized carbons (Fsp3) is 0.562. The van der Waals surface area contributed by atoms with Crippen LogP contribution < -0.4 is 9.64 Å². The topological polar surface area (TPSA) is 29.5 Å². The average Bonchev–Trinajstić information content (AvgIpc) is 2.93. The van der Waals surface area contributed by atoms with E-state index in [4.69, 9.17) is 4.74 Å². The highest BCUT2D eigenvalue weighted by Gasteiger charge is 2.53. The van der Waals surface area contributed by atoms with E-state index in [1.54, 1.807) is 4.90 Å². The number of anilines is 1. The summed E-state index contributed by atoms with van der Waals surface area (Å²) in [6.07, 6.45) is -0.112. The maximum absolute atomic E-state index is 13.4. The first kappa shape index (κ1) is 14.8. The third kappa shape index (κ3) is 2.80. The SMILES string of the molecule is CC1(C)CN(C(=O)CC2(C)CC2F)c2ccc(Br)cc2O1. The highest BCUT2D eigenvalue weighted by Crippen LogP contribution is 2.52. The summed E-state index contributed by atoms with van der Waals surface area (Å²) in [7, 11) is 0. The Bertz CT molecular complexity index is 604. The molecule has 0 saturated heterocycles. The van der Waals surface area contributed by atoms with E-state index in [-0.39, 0.29) is 12.3 Å². The minimum atomic E-state index is -0.847. The van der Waals surface area contributed by atoms with Crippen LogP contribution in [0.2, 0.25) is 0 Å². The van der Waals surface area contributed by atoms with Gasteiger partial charge in [-0.1, -0.05) is 22.9 Å². The molecule has 0 aromatic heterocycles. The van der Waals surface area contributed by atoms with Crippen molar-refractivity contribution in [2.45, 2.75) is 45.4 Å². The number of hydrogen-bond acceptors (Lipinski definition) is 2. The molecule has 1 fully saturated rings. The third-order valence-electron chi connectivity index (χ3n) is 4.24. The molecule has 1 saturated carbocycles. The van der Waals surface area contributed by atoms with Crippen molar-refractivity contribution in [3.8, 4) is 5.75 Å². The molecule has 2 unspecified atom stereocenters. The summed E-state index contributed by atoms with van der Waals surface area (Å²) in [5.41, 5.74) is -0.167. The van der Waals surface area contributed by atoms with Crippen LogP contribution in [-0.4, -0.2) is 24.2 Å². The molecule has 3 rings (SSSR count). The standard InChI is InChI=1S/C16H19BrFNO2/c1-15(2)9-19(14(20)8-16(3)7-13(16)18)11-5-4-10(17)6-12(11)21-15/h4-6,13H,7-9H2,1-3H3. The van der Waals surface area contributed by atoms with Gasteiger partial charge in [0.15, 0.2) is 0 Å². The smallest absolute Gasteiger partial charge is 0.227 e. The highest BCUT2D eigenvalue weighted by atomic mass is 79.9. The summed E-state index contributed by atoms with van der Waals surface area (Å²) in [6.45, 7) is 6.22. The second-order valence-electron chi connectivity index (χ2n) is 6.96. The summed E-state index contributed by atoms with van der Waals surface area (Å²) in [5.74, 6) is 0.657. The van der Waals surface area contributed by atoms with Crippen LogP contribution in [0.3, 0.4) is 0 Å². The van der Waals surface area contributed by atoms with Gasteiger partial charge in [-0.05, 0) is 38.5 Å². The molecule has 1 aliphatic heterocycles. The zero-order valence-electron chi connectivity index (χ0n) is 12.5. The Morgan fingerprint density at radius 1 is 1.48 bits per heavy atom. The molecular formula is C16H19BrFNO2. The number of hydrogen-bond donors (Lipinski definition) is 0. The molecule has 114 valence electrons. The van der Waals surface area contributed by atoms with Crippen molar-refractivity contribution in [3.63, 3.8) is 0 Å². The summed E-state index contributed by atoms with van der Waals surface area (Å²) in [4.78, 5) is 14.4. The fourth-order valence-corrected chi connectivity index (χ4v) is 3.13. The summed E-state index contributed by atoms with van der Waals surface area (Å²) >= 11 is 3.42. The minimum Gasteiger partial charge on any atom is -0.484 e. The largest absolute Gasteiger partial charge is 0.484 e. The average molecular weight is 356 g/mol. The van der Waals surface area contributed by atoms with Crippen LogP contribution in [0.1, 0.15) is 33.6 Å². The van der Waals surface area contributed by atoms with E-state index >= 15 is 0 Å². The van der Waals surface area contributed by atoms with Crippen molar-refractivity contribution >= 4 is 27.5 Å². The van der Waals surface area contributed by atoms with Gasteiger partial charge in [0.25, 0.3) is 0 Å². The zero-order valence-corrected chi connectivity index (χ0v) is 14.0. The molecule has 2 atom stereocenters. The molecular weight excluding hydrogens is 337 g/mol. The predicted molar refractivity (Wildman–Crippen MR) is 83.4 cm³/mol. The summed E-state index contributed by atoms with van der Waals surface area (Å²) < 4.78 is 20.2. The third-order valence-corrected chi connectivity index (χ3v) is 4.73.